The van der Waals surface area contributed by atoms with Crippen LogP contribution < -0.4 is 15.4 Å². The van der Waals surface area contributed by atoms with Gasteiger partial charge in [0.05, 0.1) is 37.0 Å². The van der Waals surface area contributed by atoms with Gasteiger partial charge in [0.25, 0.3) is 0 Å². The van der Waals surface area contributed by atoms with Gasteiger partial charge in [-0.1, -0.05) is 29.3 Å². The Morgan fingerprint density at radius 3 is 2.50 bits per heavy atom. The number of furan rings is 1. The molecule has 0 saturated carbocycles. The van der Waals surface area contributed by atoms with E-state index in [0.29, 0.717) is 5.76 Å². The molecule has 1 heterocycles. The van der Waals surface area contributed by atoms with E-state index in [4.69, 9.17) is 20.8 Å². The lowest BCUT2D eigenvalue weighted by Crippen LogP contribution is -2.29. The van der Waals surface area contributed by atoms with E-state index in [-0.39, 0.29) is 45.2 Å². The number of hydrogen-bond donors (Lipinski definition) is 2. The van der Waals surface area contributed by atoms with Crippen molar-refractivity contribution in [2.45, 2.75) is 23.3 Å². The largest absolute Gasteiger partial charge is 0.495 e. The quantitative estimate of drug-likeness (QED) is 0.543. The zero-order chi connectivity index (χ0) is 21.7. The van der Waals surface area contributed by atoms with Crippen molar-refractivity contribution in [3.8, 4) is 5.75 Å². The van der Waals surface area contributed by atoms with Gasteiger partial charge in [-0.2, -0.15) is 0 Å². The van der Waals surface area contributed by atoms with Crippen molar-refractivity contribution in [3.63, 3.8) is 0 Å². The number of methoxy groups -OCH3 is 1. The van der Waals surface area contributed by atoms with E-state index in [1.165, 1.54) is 31.6 Å². The molecule has 1 aromatic heterocycles. The molecule has 30 heavy (non-hydrogen) atoms. The fourth-order valence-electron chi connectivity index (χ4n) is 2.77. The van der Waals surface area contributed by atoms with E-state index < -0.39 is 9.84 Å². The molecular weight excluding hydrogens is 428 g/mol. The molecule has 0 fully saturated rings. The minimum Gasteiger partial charge on any atom is -0.495 e. The highest BCUT2D eigenvalue weighted by Crippen LogP contribution is 2.39. The summed E-state index contributed by atoms with van der Waals surface area (Å²) in [5, 5.41) is 5.49. The van der Waals surface area contributed by atoms with Crippen molar-refractivity contribution in [3.05, 3.63) is 71.1 Å². The highest BCUT2D eigenvalue weighted by molar-refractivity contribution is 7.91. The van der Waals surface area contributed by atoms with Crippen molar-refractivity contribution >= 4 is 33.0 Å². The second-order valence-corrected chi connectivity index (χ2v) is 8.75. The third-order valence-electron chi connectivity index (χ3n) is 4.36. The molecule has 0 spiro atoms. The maximum absolute atomic E-state index is 13.3. The van der Waals surface area contributed by atoms with Crippen LogP contribution in [0.4, 0.5) is 5.69 Å². The van der Waals surface area contributed by atoms with Crippen molar-refractivity contribution in [1.29, 1.82) is 0 Å². The molecule has 0 aliphatic carbocycles. The summed E-state index contributed by atoms with van der Waals surface area (Å²) in [5.74, 6) is 0.491. The summed E-state index contributed by atoms with van der Waals surface area (Å²) < 4.78 is 36.9. The molecule has 3 rings (SSSR count). The maximum atomic E-state index is 13.3. The first-order valence-electron chi connectivity index (χ1n) is 9.04. The smallest absolute Gasteiger partial charge is 0.239 e. The third kappa shape index (κ3) is 4.77. The standard InChI is InChI=1S/C21H21ClN2O5S/c1-14-5-7-16(8-6-14)30(26,27)21-17(9-10-18(28-2)20(21)22)23-13-19(25)24-12-15-4-3-11-29-15/h3-11,23H,12-13H2,1-2H3,(H,24,25). The Morgan fingerprint density at radius 2 is 1.87 bits per heavy atom. The monoisotopic (exact) mass is 448 g/mol. The molecule has 0 aliphatic rings. The van der Waals surface area contributed by atoms with Gasteiger partial charge < -0.3 is 19.8 Å². The van der Waals surface area contributed by atoms with Crippen molar-refractivity contribution in [2.75, 3.05) is 19.0 Å². The SMILES string of the molecule is COc1ccc(NCC(=O)NCc2ccco2)c(S(=O)(=O)c2ccc(C)cc2)c1Cl. The summed E-state index contributed by atoms with van der Waals surface area (Å²) in [5.41, 5.74) is 1.13. The number of ether oxygens (including phenoxy) is 1. The number of hydrogen-bond acceptors (Lipinski definition) is 6. The zero-order valence-electron chi connectivity index (χ0n) is 16.4. The number of amides is 1. The maximum Gasteiger partial charge on any atom is 0.239 e. The number of carbonyl (C=O) groups is 1. The fraction of sp³-hybridized carbons (Fsp3) is 0.190. The van der Waals surface area contributed by atoms with Crippen LogP contribution in [0, 0.1) is 6.92 Å². The van der Waals surface area contributed by atoms with Gasteiger partial charge in [-0.15, -0.1) is 0 Å². The van der Waals surface area contributed by atoms with E-state index in [0.717, 1.165) is 5.56 Å². The number of aryl methyl sites for hydroxylation is 1. The van der Waals surface area contributed by atoms with E-state index >= 15 is 0 Å². The lowest BCUT2D eigenvalue weighted by Gasteiger charge is -2.16. The number of anilines is 1. The van der Waals surface area contributed by atoms with E-state index in [1.54, 1.807) is 30.3 Å². The van der Waals surface area contributed by atoms with E-state index in [1.807, 2.05) is 6.92 Å². The molecule has 2 aromatic carbocycles. The predicted octanol–water partition coefficient (Wildman–Crippen LogP) is 3.81. The summed E-state index contributed by atoms with van der Waals surface area (Å²) in [6.45, 7) is 1.94. The molecule has 9 heteroatoms. The van der Waals surface area contributed by atoms with Crippen molar-refractivity contribution in [2.24, 2.45) is 0 Å². The second kappa shape index (κ2) is 9.23. The summed E-state index contributed by atoms with van der Waals surface area (Å²) in [4.78, 5) is 12.1. The van der Waals surface area contributed by atoms with Gasteiger partial charge in [-0.25, -0.2) is 8.42 Å². The van der Waals surface area contributed by atoms with Gasteiger partial charge >= 0.3 is 0 Å². The Kier molecular flexibility index (Phi) is 6.69. The Hall–Kier alpha value is -2.97. The van der Waals surface area contributed by atoms with Crippen LogP contribution in [0.2, 0.25) is 5.02 Å². The predicted molar refractivity (Wildman–Crippen MR) is 114 cm³/mol. The topological polar surface area (TPSA) is 97.6 Å². The third-order valence-corrected chi connectivity index (χ3v) is 6.70. The molecule has 0 saturated heterocycles. The Balaban J connectivity index is 1.86. The molecule has 0 bridgehead atoms. The molecule has 158 valence electrons. The van der Waals surface area contributed by atoms with Gasteiger partial charge in [0.15, 0.2) is 0 Å². The average molecular weight is 449 g/mol. The molecule has 2 N–H and O–H groups in total. The number of halogens is 1. The first kappa shape index (κ1) is 21.7. The number of rotatable bonds is 8. The Morgan fingerprint density at radius 1 is 1.13 bits per heavy atom. The number of sulfone groups is 1. The zero-order valence-corrected chi connectivity index (χ0v) is 18.0. The molecular formula is C21H21ClN2O5S. The summed E-state index contributed by atoms with van der Waals surface area (Å²) in [6.07, 6.45) is 1.52. The van der Waals surface area contributed by atoms with Crippen LogP contribution >= 0.6 is 11.6 Å². The van der Waals surface area contributed by atoms with Crippen LogP contribution in [0.15, 0.2) is 69.0 Å². The van der Waals surface area contributed by atoms with Crippen molar-refractivity contribution < 1.29 is 22.4 Å². The van der Waals surface area contributed by atoms with Crippen molar-refractivity contribution in [1.82, 2.24) is 5.32 Å². The first-order chi connectivity index (χ1) is 14.3. The number of carbonyl (C=O) groups excluding carboxylic acids is 1. The first-order valence-corrected chi connectivity index (χ1v) is 10.9. The average Bonchev–Trinajstić information content (AvgIpc) is 3.24. The molecule has 1 amide bonds. The molecule has 7 nitrogen and oxygen atoms in total. The van der Waals surface area contributed by atoms with Gasteiger partial charge in [0, 0.05) is 0 Å². The van der Waals surface area contributed by atoms with Crippen LogP contribution in [-0.4, -0.2) is 28.0 Å². The normalized spacial score (nSPS) is 11.2. The van der Waals surface area contributed by atoms with Gasteiger partial charge in [-0.3, -0.25) is 4.79 Å². The highest BCUT2D eigenvalue weighted by Gasteiger charge is 2.27. The van der Waals surface area contributed by atoms with E-state index in [2.05, 4.69) is 10.6 Å². The Labute approximate surface area is 179 Å². The van der Waals surface area contributed by atoms with Crippen LogP contribution in [0.25, 0.3) is 0 Å². The van der Waals surface area contributed by atoms with Crippen LogP contribution in [0.1, 0.15) is 11.3 Å². The summed E-state index contributed by atoms with van der Waals surface area (Å²) in [7, 11) is -2.56. The van der Waals surface area contributed by atoms with Gasteiger partial charge in [-0.05, 0) is 43.3 Å². The minimum atomic E-state index is -3.97. The number of benzene rings is 2. The molecule has 3 aromatic rings. The van der Waals surface area contributed by atoms with Gasteiger partial charge in [0.2, 0.25) is 15.7 Å². The van der Waals surface area contributed by atoms with Gasteiger partial charge in [0.1, 0.15) is 21.4 Å². The molecule has 0 atom stereocenters. The molecule has 0 unspecified atom stereocenters. The Bertz CT molecular complexity index is 1130. The highest BCUT2D eigenvalue weighted by atomic mass is 35.5. The summed E-state index contributed by atoms with van der Waals surface area (Å²) >= 11 is 6.37. The van der Waals surface area contributed by atoms with Crippen LogP contribution in [-0.2, 0) is 21.2 Å². The summed E-state index contributed by atoms with van der Waals surface area (Å²) in [6, 6.07) is 13.0. The molecule has 0 radical (unpaired) electrons. The second-order valence-electron chi connectivity index (χ2n) is 6.48. The lowest BCUT2D eigenvalue weighted by atomic mass is 10.2. The minimum absolute atomic E-state index is 0.0564. The fourth-order valence-corrected chi connectivity index (χ4v) is 4.81. The molecule has 0 aliphatic heterocycles. The van der Waals surface area contributed by atoms with E-state index in [9.17, 15) is 13.2 Å². The lowest BCUT2D eigenvalue weighted by molar-refractivity contribution is -0.119. The number of nitrogens with one attached hydrogen (secondary N) is 2. The van der Waals surface area contributed by atoms with Crippen LogP contribution in [0.5, 0.6) is 5.75 Å². The van der Waals surface area contributed by atoms with Crippen LogP contribution in [0.3, 0.4) is 0 Å².